The number of nitrogens with zero attached hydrogens (tertiary/aromatic N) is 1. The Hall–Kier alpha value is -1.14. The van der Waals surface area contributed by atoms with Gasteiger partial charge in [-0.1, -0.05) is 27.7 Å². The van der Waals surface area contributed by atoms with Crippen LogP contribution in [0.15, 0.2) is 23.1 Å². The maximum Gasteiger partial charge on any atom is 0.265 e. The zero-order valence-electron chi connectivity index (χ0n) is 11.1. The molecule has 0 fully saturated rings. The number of hydrogen-bond donors (Lipinski definition) is 1. The van der Waals surface area contributed by atoms with Crippen molar-refractivity contribution < 1.29 is 18.3 Å². The molecule has 1 aromatic carbocycles. The number of rotatable bonds is 2. The lowest BCUT2D eigenvalue weighted by Crippen LogP contribution is -1.95. The van der Waals surface area contributed by atoms with Gasteiger partial charge in [-0.2, -0.15) is 0 Å². The summed E-state index contributed by atoms with van der Waals surface area (Å²) < 4.78 is 22.3. The predicted octanol–water partition coefficient (Wildman–Crippen LogP) is 3.41. The van der Waals surface area contributed by atoms with Crippen molar-refractivity contribution in [3.8, 4) is 5.75 Å². The maximum atomic E-state index is 10.9. The summed E-state index contributed by atoms with van der Waals surface area (Å²) in [7, 11) is 2.20. The fourth-order valence-corrected chi connectivity index (χ4v) is 1.84. The fraction of sp³-hybridized carbons (Fsp3) is 0.455. The van der Waals surface area contributed by atoms with Crippen LogP contribution in [-0.2, 0) is 9.05 Å². The van der Waals surface area contributed by atoms with E-state index < -0.39 is 19.7 Å². The molecule has 0 heterocycles. The molecule has 0 aliphatic rings. The Morgan fingerprint density at radius 3 is 1.94 bits per heavy atom. The van der Waals surface area contributed by atoms with Gasteiger partial charge in [-0.05, 0) is 6.07 Å². The van der Waals surface area contributed by atoms with Gasteiger partial charge in [-0.25, -0.2) is 8.42 Å². The summed E-state index contributed by atoms with van der Waals surface area (Å²) in [4.78, 5) is 10.4. The number of hydrogen-bond acceptors (Lipinski definition) is 4. The summed E-state index contributed by atoms with van der Waals surface area (Å²) in [5.74, 6) is -0.481. The highest BCUT2D eigenvalue weighted by atomic mass is 35.7. The zero-order valence-corrected chi connectivity index (χ0v) is 12.7. The van der Waals surface area contributed by atoms with Crippen LogP contribution >= 0.6 is 10.7 Å². The number of nitroso groups, excluding NO2 is 1. The quantitative estimate of drug-likeness (QED) is 0.670. The lowest BCUT2D eigenvalue weighted by molar-refractivity contribution is -0.428. The zero-order chi connectivity index (χ0) is 14.9. The molecule has 0 spiro atoms. The van der Waals surface area contributed by atoms with Crippen molar-refractivity contribution in [1.29, 1.82) is 0 Å². The van der Waals surface area contributed by atoms with E-state index in [9.17, 15) is 13.3 Å². The third kappa shape index (κ3) is 5.97. The topological polar surface area (TPSA) is 74.5 Å². The number of phenolic OH excluding ortho intramolecular Hbond substituents is 1. The number of benzene rings is 1. The number of halogens is 1. The summed E-state index contributed by atoms with van der Waals surface area (Å²) >= 11 is 0. The molecule has 0 aliphatic heterocycles. The Bertz CT molecular complexity index is 486. The normalized spacial score (nSPS) is 9.44. The van der Waals surface area contributed by atoms with Crippen LogP contribution in [0.4, 0.5) is 5.69 Å². The van der Waals surface area contributed by atoms with Crippen LogP contribution in [0.25, 0.3) is 0 Å². The van der Waals surface area contributed by atoms with E-state index in [4.69, 9.17) is 15.8 Å². The minimum Gasteiger partial charge on any atom is -0.507 e. The van der Waals surface area contributed by atoms with Gasteiger partial charge in [0, 0.05) is 32.5 Å². The summed E-state index contributed by atoms with van der Waals surface area (Å²) in [6.45, 7) is 8.00. The molecule has 5 nitrogen and oxygen atoms in total. The molecule has 0 unspecified atom stereocenters. The first-order valence-corrected chi connectivity index (χ1v) is 7.82. The van der Waals surface area contributed by atoms with Gasteiger partial charge in [-0.15, -0.1) is 0 Å². The second kappa shape index (κ2) is 8.88. The van der Waals surface area contributed by atoms with E-state index in [0.29, 0.717) is 4.76 Å². The first-order chi connectivity index (χ1) is 8.32. The van der Waals surface area contributed by atoms with Crippen molar-refractivity contribution in [3.63, 3.8) is 0 Å². The fourth-order valence-electron chi connectivity index (χ4n) is 0.894. The molecule has 1 N–H and O–H groups in total. The SMILES string of the molecule is CC.CC.C[N+](=O)c1ccc(O)c(S(=O)(=O)Cl)c1. The molecule has 0 atom stereocenters. The maximum absolute atomic E-state index is 10.9. The van der Waals surface area contributed by atoms with E-state index >= 15 is 0 Å². The molecular formula is C11H19ClNO4S+. The van der Waals surface area contributed by atoms with Crippen molar-refractivity contribution in [3.05, 3.63) is 23.1 Å². The molecule has 0 saturated carbocycles. The van der Waals surface area contributed by atoms with Crippen molar-refractivity contribution >= 4 is 25.4 Å². The second-order valence-corrected chi connectivity index (χ2v) is 5.12. The Kier molecular flexibility index (Phi) is 9.47. The molecule has 0 saturated heterocycles. The van der Waals surface area contributed by atoms with E-state index in [1.807, 2.05) is 27.7 Å². The minimum absolute atomic E-state index is 0.0991. The van der Waals surface area contributed by atoms with Crippen molar-refractivity contribution in [2.75, 3.05) is 7.05 Å². The predicted molar refractivity (Wildman–Crippen MR) is 73.1 cm³/mol. The molecule has 104 valence electrons. The third-order valence-electron chi connectivity index (χ3n) is 1.57. The lowest BCUT2D eigenvalue weighted by atomic mass is 10.3. The van der Waals surface area contributed by atoms with Gasteiger partial charge in [0.15, 0.2) is 7.05 Å². The Morgan fingerprint density at radius 1 is 1.17 bits per heavy atom. The van der Waals surface area contributed by atoms with Gasteiger partial charge in [0.05, 0.1) is 0 Å². The van der Waals surface area contributed by atoms with Crippen LogP contribution in [0, 0.1) is 4.91 Å². The summed E-state index contributed by atoms with van der Waals surface area (Å²) in [5, 5.41) is 9.17. The number of phenols is 1. The number of aromatic hydroxyl groups is 1. The van der Waals surface area contributed by atoms with Crippen molar-refractivity contribution in [1.82, 2.24) is 0 Å². The molecule has 1 aromatic rings. The summed E-state index contributed by atoms with van der Waals surface area (Å²) in [5.41, 5.74) is 0.0991. The lowest BCUT2D eigenvalue weighted by Gasteiger charge is -1.98. The van der Waals surface area contributed by atoms with E-state index in [1.54, 1.807) is 0 Å². The summed E-state index contributed by atoms with van der Waals surface area (Å²) in [6, 6.07) is 3.39. The molecule has 18 heavy (non-hydrogen) atoms. The van der Waals surface area contributed by atoms with Crippen LogP contribution in [0.1, 0.15) is 27.7 Å². The Balaban J connectivity index is 0. The van der Waals surface area contributed by atoms with Crippen LogP contribution in [-0.4, -0.2) is 25.3 Å². The van der Waals surface area contributed by atoms with Crippen LogP contribution in [0.5, 0.6) is 5.75 Å². The highest BCUT2D eigenvalue weighted by molar-refractivity contribution is 8.13. The molecule has 0 aromatic heterocycles. The first kappa shape index (κ1) is 19.2. The van der Waals surface area contributed by atoms with E-state index in [-0.39, 0.29) is 5.69 Å². The van der Waals surface area contributed by atoms with Gasteiger partial charge in [0.25, 0.3) is 14.7 Å². The largest absolute Gasteiger partial charge is 0.507 e. The molecule has 0 aliphatic carbocycles. The molecule has 7 heteroatoms. The highest BCUT2D eigenvalue weighted by Gasteiger charge is 2.19. The van der Waals surface area contributed by atoms with Gasteiger partial charge in [0.1, 0.15) is 10.6 Å². The molecule has 0 bridgehead atoms. The van der Waals surface area contributed by atoms with Crippen LogP contribution in [0.3, 0.4) is 0 Å². The van der Waals surface area contributed by atoms with E-state index in [1.165, 1.54) is 13.1 Å². The average molecular weight is 297 g/mol. The third-order valence-corrected chi connectivity index (χ3v) is 2.92. The molecule has 1 rings (SSSR count). The minimum atomic E-state index is -4.03. The second-order valence-electron chi connectivity index (χ2n) is 2.59. The highest BCUT2D eigenvalue weighted by Crippen LogP contribution is 2.29. The Morgan fingerprint density at radius 2 is 1.61 bits per heavy atom. The van der Waals surface area contributed by atoms with Crippen LogP contribution in [0.2, 0.25) is 0 Å². The first-order valence-electron chi connectivity index (χ1n) is 5.51. The standard InChI is InChI=1S/C7H6ClNO4S.2C2H6/c1-9(11)5-2-3-6(10)7(4-5)14(8,12)13;2*1-2/h2-4H,1H3;2*1-2H3/p+1. The van der Waals surface area contributed by atoms with Gasteiger partial charge in [0.2, 0.25) is 0 Å². The monoisotopic (exact) mass is 296 g/mol. The average Bonchev–Trinajstić information content (AvgIpc) is 2.33. The summed E-state index contributed by atoms with van der Waals surface area (Å²) in [6.07, 6.45) is 0. The van der Waals surface area contributed by atoms with Crippen molar-refractivity contribution in [2.45, 2.75) is 32.6 Å². The van der Waals surface area contributed by atoms with E-state index in [0.717, 1.165) is 12.1 Å². The van der Waals surface area contributed by atoms with Gasteiger partial charge < -0.3 is 5.11 Å². The van der Waals surface area contributed by atoms with Gasteiger partial charge in [-0.3, -0.25) is 0 Å². The van der Waals surface area contributed by atoms with Crippen molar-refractivity contribution in [2.24, 2.45) is 0 Å². The molecular weight excluding hydrogens is 278 g/mol. The molecule has 0 radical (unpaired) electrons. The van der Waals surface area contributed by atoms with Gasteiger partial charge >= 0.3 is 0 Å². The Labute approximate surface area is 112 Å². The smallest absolute Gasteiger partial charge is 0.265 e. The van der Waals surface area contributed by atoms with E-state index in [2.05, 4.69) is 0 Å². The van der Waals surface area contributed by atoms with Crippen LogP contribution < -0.4 is 0 Å². The molecule has 0 amide bonds.